The Bertz CT molecular complexity index is 1250. The molecule has 0 bridgehead atoms. The minimum Gasteiger partial charge on any atom is -0.351 e. The molecule has 1 saturated heterocycles. The lowest BCUT2D eigenvalue weighted by molar-refractivity contribution is 0.208. The van der Waals surface area contributed by atoms with Gasteiger partial charge in [0.2, 0.25) is 0 Å². The van der Waals surface area contributed by atoms with Gasteiger partial charge in [-0.2, -0.15) is 0 Å². The van der Waals surface area contributed by atoms with Gasteiger partial charge in [-0.05, 0) is 36.4 Å². The molecule has 3 heterocycles. The van der Waals surface area contributed by atoms with Crippen LogP contribution in [0.25, 0.3) is 16.6 Å². The Morgan fingerprint density at radius 1 is 0.933 bits per heavy atom. The van der Waals surface area contributed by atoms with E-state index in [4.69, 9.17) is 4.98 Å². The molecule has 0 radical (unpaired) electrons. The first kappa shape index (κ1) is 18.4. The second-order valence-electron chi connectivity index (χ2n) is 7.22. The zero-order chi connectivity index (χ0) is 20.7. The predicted molar refractivity (Wildman–Crippen MR) is 112 cm³/mol. The lowest BCUT2D eigenvalue weighted by Gasteiger charge is -2.35. The zero-order valence-corrected chi connectivity index (χ0v) is 16.1. The van der Waals surface area contributed by atoms with Crippen LogP contribution in [0.5, 0.6) is 0 Å². The van der Waals surface area contributed by atoms with Crippen LogP contribution in [-0.2, 0) is 0 Å². The molecule has 0 atom stereocenters. The molecule has 1 aliphatic heterocycles. The van der Waals surface area contributed by atoms with E-state index in [1.807, 2.05) is 42.6 Å². The highest BCUT2D eigenvalue weighted by atomic mass is 19.1. The SMILES string of the molecule is O=C(Nc1cc(F)ccc1F)N1CCN(c2nc3ccccc3n3cccc23)CC1. The van der Waals surface area contributed by atoms with E-state index in [9.17, 15) is 13.6 Å². The van der Waals surface area contributed by atoms with Gasteiger partial charge in [-0.25, -0.2) is 18.6 Å². The number of halogens is 2. The minimum absolute atomic E-state index is 0.159. The Kier molecular flexibility index (Phi) is 4.46. The number of urea groups is 1. The first-order chi connectivity index (χ1) is 14.6. The fraction of sp³-hybridized carbons (Fsp3) is 0.182. The second-order valence-corrected chi connectivity index (χ2v) is 7.22. The summed E-state index contributed by atoms with van der Waals surface area (Å²) in [5.74, 6) is -0.399. The van der Waals surface area contributed by atoms with E-state index < -0.39 is 17.7 Å². The maximum Gasteiger partial charge on any atom is 0.322 e. The van der Waals surface area contributed by atoms with Crippen molar-refractivity contribution in [2.45, 2.75) is 0 Å². The van der Waals surface area contributed by atoms with E-state index in [2.05, 4.69) is 14.6 Å². The quantitative estimate of drug-likeness (QED) is 0.544. The number of hydrogen-bond donors (Lipinski definition) is 1. The molecule has 1 fully saturated rings. The summed E-state index contributed by atoms with van der Waals surface area (Å²) in [7, 11) is 0. The van der Waals surface area contributed by atoms with Gasteiger partial charge < -0.3 is 19.5 Å². The van der Waals surface area contributed by atoms with Gasteiger partial charge in [0.15, 0.2) is 5.82 Å². The van der Waals surface area contributed by atoms with E-state index in [-0.39, 0.29) is 5.69 Å². The highest BCUT2D eigenvalue weighted by molar-refractivity contribution is 5.90. The van der Waals surface area contributed by atoms with E-state index in [1.54, 1.807) is 4.90 Å². The number of nitrogens with zero attached hydrogens (tertiary/aromatic N) is 4. The van der Waals surface area contributed by atoms with Gasteiger partial charge in [-0.1, -0.05) is 12.1 Å². The van der Waals surface area contributed by atoms with Gasteiger partial charge >= 0.3 is 6.03 Å². The third-order valence-corrected chi connectivity index (χ3v) is 5.38. The molecule has 0 aliphatic carbocycles. The Morgan fingerprint density at radius 3 is 2.53 bits per heavy atom. The Hall–Kier alpha value is -3.68. The maximum atomic E-state index is 13.8. The van der Waals surface area contributed by atoms with Gasteiger partial charge in [0.1, 0.15) is 11.6 Å². The molecule has 0 unspecified atom stereocenters. The molecule has 0 saturated carbocycles. The van der Waals surface area contributed by atoms with Crippen LogP contribution in [0.2, 0.25) is 0 Å². The highest BCUT2D eigenvalue weighted by Gasteiger charge is 2.24. The normalized spacial score (nSPS) is 14.5. The van der Waals surface area contributed by atoms with Gasteiger partial charge in [-0.15, -0.1) is 0 Å². The third-order valence-electron chi connectivity index (χ3n) is 5.38. The summed E-state index contributed by atoms with van der Waals surface area (Å²) in [6.07, 6.45) is 2.01. The number of amides is 2. The van der Waals surface area contributed by atoms with Crippen LogP contribution in [0.3, 0.4) is 0 Å². The number of carbonyl (C=O) groups is 1. The number of para-hydroxylation sites is 2. The molecule has 30 heavy (non-hydrogen) atoms. The highest BCUT2D eigenvalue weighted by Crippen LogP contribution is 2.26. The number of fused-ring (bicyclic) bond motifs is 3. The molecule has 4 aromatic rings. The van der Waals surface area contributed by atoms with Crippen LogP contribution in [-0.4, -0.2) is 46.5 Å². The molecule has 2 aromatic heterocycles. The van der Waals surface area contributed by atoms with Gasteiger partial charge in [0.25, 0.3) is 0 Å². The molecule has 1 aliphatic rings. The molecule has 5 rings (SSSR count). The van der Waals surface area contributed by atoms with Crippen LogP contribution < -0.4 is 10.2 Å². The standard InChI is InChI=1S/C22H19F2N5O/c23-15-7-8-16(24)18(14-15)26-22(30)28-12-10-27(11-13-28)21-20-6-3-9-29(20)19-5-2-1-4-17(19)25-21/h1-9,14H,10-13H2,(H,26,30). The van der Waals surface area contributed by atoms with Crippen LogP contribution in [0, 0.1) is 11.6 Å². The van der Waals surface area contributed by atoms with Crippen LogP contribution in [0.1, 0.15) is 0 Å². The van der Waals surface area contributed by atoms with Crippen LogP contribution in [0.15, 0.2) is 60.8 Å². The number of aromatic nitrogens is 2. The van der Waals surface area contributed by atoms with Crippen LogP contribution in [0.4, 0.5) is 25.1 Å². The van der Waals surface area contributed by atoms with Crippen LogP contribution >= 0.6 is 0 Å². The number of benzene rings is 2. The van der Waals surface area contributed by atoms with Crippen molar-refractivity contribution in [3.05, 3.63) is 72.4 Å². The van der Waals surface area contributed by atoms with Gasteiger partial charge in [0.05, 0.1) is 22.2 Å². The fourth-order valence-electron chi connectivity index (χ4n) is 3.85. The summed E-state index contributed by atoms with van der Waals surface area (Å²) in [6, 6.07) is 14.5. The van der Waals surface area contributed by atoms with E-state index in [0.29, 0.717) is 26.2 Å². The lowest BCUT2D eigenvalue weighted by atomic mass is 10.2. The molecule has 2 aromatic carbocycles. The smallest absolute Gasteiger partial charge is 0.322 e. The van der Waals surface area contributed by atoms with Crippen molar-refractivity contribution >= 4 is 34.1 Å². The lowest BCUT2D eigenvalue weighted by Crippen LogP contribution is -2.50. The third kappa shape index (κ3) is 3.20. The summed E-state index contributed by atoms with van der Waals surface area (Å²) in [5.41, 5.74) is 2.79. The number of carbonyl (C=O) groups excluding carboxylic acids is 1. The Labute approximate surface area is 171 Å². The number of hydrogen-bond acceptors (Lipinski definition) is 3. The minimum atomic E-state index is -0.667. The summed E-state index contributed by atoms with van der Waals surface area (Å²) >= 11 is 0. The van der Waals surface area contributed by atoms with Gasteiger partial charge in [0, 0.05) is 38.4 Å². The Balaban J connectivity index is 1.34. The first-order valence-electron chi connectivity index (χ1n) is 9.72. The number of nitrogens with one attached hydrogen (secondary N) is 1. The van der Waals surface area contributed by atoms with Crippen molar-refractivity contribution in [2.24, 2.45) is 0 Å². The van der Waals surface area contributed by atoms with E-state index >= 15 is 0 Å². The average Bonchev–Trinajstić information content (AvgIpc) is 3.26. The number of piperazine rings is 1. The average molecular weight is 407 g/mol. The van der Waals surface area contributed by atoms with Gasteiger partial charge in [-0.3, -0.25) is 0 Å². The number of rotatable bonds is 2. The number of anilines is 2. The van der Waals surface area contributed by atoms with Crippen molar-refractivity contribution in [2.75, 3.05) is 36.4 Å². The predicted octanol–water partition coefficient (Wildman–Crippen LogP) is 4.12. The molecule has 8 heteroatoms. The summed E-state index contributed by atoms with van der Waals surface area (Å²) in [4.78, 5) is 21.1. The van der Waals surface area contributed by atoms with E-state index in [0.717, 1.165) is 40.6 Å². The largest absolute Gasteiger partial charge is 0.351 e. The molecular formula is C22H19F2N5O. The molecule has 1 N–H and O–H groups in total. The zero-order valence-electron chi connectivity index (χ0n) is 16.1. The van der Waals surface area contributed by atoms with Crippen molar-refractivity contribution in [1.82, 2.24) is 14.3 Å². The molecular weight excluding hydrogens is 388 g/mol. The van der Waals surface area contributed by atoms with Crippen molar-refractivity contribution in [1.29, 1.82) is 0 Å². The molecule has 6 nitrogen and oxygen atoms in total. The second kappa shape index (κ2) is 7.29. The molecule has 152 valence electrons. The first-order valence-corrected chi connectivity index (χ1v) is 9.72. The summed E-state index contributed by atoms with van der Waals surface area (Å²) in [6.45, 7) is 2.07. The van der Waals surface area contributed by atoms with E-state index in [1.165, 1.54) is 0 Å². The topological polar surface area (TPSA) is 52.9 Å². The summed E-state index contributed by atoms with van der Waals surface area (Å²) in [5, 5.41) is 2.46. The van der Waals surface area contributed by atoms with Crippen molar-refractivity contribution in [3.8, 4) is 0 Å². The monoisotopic (exact) mass is 407 g/mol. The maximum absolute atomic E-state index is 13.8. The van der Waals surface area contributed by atoms with Crippen molar-refractivity contribution in [3.63, 3.8) is 0 Å². The van der Waals surface area contributed by atoms with Crippen molar-refractivity contribution < 1.29 is 13.6 Å². The summed E-state index contributed by atoms with van der Waals surface area (Å²) < 4.78 is 29.3. The molecule has 2 amide bonds. The molecule has 0 spiro atoms. The fourth-order valence-corrected chi connectivity index (χ4v) is 3.85. The Morgan fingerprint density at radius 2 is 1.70 bits per heavy atom.